The van der Waals surface area contributed by atoms with Crippen LogP contribution >= 0.6 is 12.2 Å². The summed E-state index contributed by atoms with van der Waals surface area (Å²) in [5, 5.41) is 8.36. The summed E-state index contributed by atoms with van der Waals surface area (Å²) >= 11 is 5.96. The summed E-state index contributed by atoms with van der Waals surface area (Å²) in [4.78, 5) is 9.49. The Morgan fingerprint density at radius 2 is 2.00 bits per heavy atom. The number of thiocarbonyl (C=S) groups is 1. The maximum absolute atomic E-state index is 5.96. The molecule has 5 nitrogen and oxygen atoms in total. The monoisotopic (exact) mass is 417 g/mol. The van der Waals surface area contributed by atoms with Crippen molar-refractivity contribution in [2.24, 2.45) is 0 Å². The molecule has 3 rings (SSSR count). The van der Waals surface area contributed by atoms with Crippen molar-refractivity contribution < 1.29 is 0 Å². The molecule has 0 aliphatic carbocycles. The molecule has 0 bridgehead atoms. The molecule has 1 aromatic heterocycles. The summed E-state index contributed by atoms with van der Waals surface area (Å²) in [5.74, 6) is 0. The van der Waals surface area contributed by atoms with Gasteiger partial charge in [0.15, 0.2) is 5.11 Å². The summed E-state index contributed by atoms with van der Waals surface area (Å²) < 4.78 is 0. The number of nitrogens with one attached hydrogen (secondary N) is 2. The molecule has 2 N–H and O–H groups in total. The molecule has 29 heavy (non-hydrogen) atoms. The van der Waals surface area contributed by atoms with Gasteiger partial charge in [0.2, 0.25) is 0 Å². The third-order valence-electron chi connectivity index (χ3n) is 6.22. The first-order valence-electron chi connectivity index (χ1n) is 11.2. The van der Waals surface area contributed by atoms with Crippen molar-refractivity contribution in [3.05, 3.63) is 30.1 Å². The van der Waals surface area contributed by atoms with Crippen molar-refractivity contribution in [2.45, 2.75) is 90.0 Å². The Morgan fingerprint density at radius 3 is 2.62 bits per heavy atom. The van der Waals surface area contributed by atoms with E-state index in [1.807, 2.05) is 12.3 Å². The Kier molecular flexibility index (Phi) is 7.18. The van der Waals surface area contributed by atoms with Crippen LogP contribution in [0.15, 0.2) is 24.4 Å². The Bertz CT molecular complexity index is 659. The van der Waals surface area contributed by atoms with Gasteiger partial charge in [-0.25, -0.2) is 0 Å². The fourth-order valence-electron chi connectivity index (χ4n) is 5.37. The Labute approximate surface area is 182 Å². The van der Waals surface area contributed by atoms with Crippen LogP contribution in [-0.2, 0) is 6.54 Å². The molecular formula is C23H39N5S. The van der Waals surface area contributed by atoms with Crippen LogP contribution in [0.1, 0.15) is 66.0 Å². The quantitative estimate of drug-likeness (QED) is 0.690. The van der Waals surface area contributed by atoms with Gasteiger partial charge in [0.05, 0.1) is 12.2 Å². The second-order valence-corrected chi connectivity index (χ2v) is 10.5. The van der Waals surface area contributed by atoms with Gasteiger partial charge in [-0.1, -0.05) is 13.0 Å². The van der Waals surface area contributed by atoms with E-state index in [4.69, 9.17) is 12.2 Å². The number of hydrogen-bond acceptors (Lipinski definition) is 4. The number of piperidine rings is 1. The topological polar surface area (TPSA) is 43.4 Å². The van der Waals surface area contributed by atoms with Crippen LogP contribution in [0.4, 0.5) is 0 Å². The minimum Gasteiger partial charge on any atom is -0.360 e. The highest BCUT2D eigenvalue weighted by molar-refractivity contribution is 7.80. The lowest BCUT2D eigenvalue weighted by Gasteiger charge is -2.47. The molecule has 0 radical (unpaired) electrons. The zero-order valence-corrected chi connectivity index (χ0v) is 19.7. The Morgan fingerprint density at radius 1 is 1.28 bits per heavy atom. The van der Waals surface area contributed by atoms with Crippen molar-refractivity contribution in [2.75, 3.05) is 19.6 Å². The zero-order chi connectivity index (χ0) is 21.1. The van der Waals surface area contributed by atoms with E-state index in [0.29, 0.717) is 12.1 Å². The smallest absolute Gasteiger partial charge is 0.169 e. The highest BCUT2D eigenvalue weighted by Crippen LogP contribution is 2.29. The van der Waals surface area contributed by atoms with Crippen LogP contribution in [0.5, 0.6) is 0 Å². The summed E-state index contributed by atoms with van der Waals surface area (Å²) in [7, 11) is 0. The summed E-state index contributed by atoms with van der Waals surface area (Å²) in [6.45, 7) is 15.5. The molecular weight excluding hydrogens is 378 g/mol. The molecule has 162 valence electrons. The third-order valence-corrected chi connectivity index (χ3v) is 6.60. The molecule has 2 saturated heterocycles. The predicted octanol–water partition coefficient (Wildman–Crippen LogP) is 3.55. The van der Waals surface area contributed by atoms with Gasteiger partial charge in [-0.05, 0) is 90.8 Å². The van der Waals surface area contributed by atoms with E-state index in [-0.39, 0.29) is 11.1 Å². The van der Waals surface area contributed by atoms with Gasteiger partial charge in [0.25, 0.3) is 0 Å². The molecule has 1 unspecified atom stereocenters. The van der Waals surface area contributed by atoms with Crippen molar-refractivity contribution in [1.82, 2.24) is 25.4 Å². The predicted molar refractivity (Wildman–Crippen MR) is 125 cm³/mol. The minimum atomic E-state index is 0.102. The molecule has 1 aromatic rings. The lowest BCUT2D eigenvalue weighted by atomic mass is 9.80. The molecule has 3 heterocycles. The van der Waals surface area contributed by atoms with E-state index in [0.717, 1.165) is 43.3 Å². The molecule has 2 fully saturated rings. The van der Waals surface area contributed by atoms with Crippen molar-refractivity contribution in [3.63, 3.8) is 0 Å². The number of rotatable bonds is 6. The van der Waals surface area contributed by atoms with Gasteiger partial charge in [-0.15, -0.1) is 0 Å². The third kappa shape index (κ3) is 6.37. The van der Waals surface area contributed by atoms with Gasteiger partial charge < -0.3 is 15.5 Å². The lowest BCUT2D eigenvalue weighted by molar-refractivity contribution is 0.152. The molecule has 1 atom stereocenters. The lowest BCUT2D eigenvalue weighted by Crippen LogP contribution is -2.63. The number of nitrogens with zero attached hydrogens (tertiary/aromatic N) is 3. The van der Waals surface area contributed by atoms with Gasteiger partial charge in [0.1, 0.15) is 0 Å². The Balaban J connectivity index is 1.71. The number of likely N-dealkylation sites (tertiary alicyclic amines) is 1. The normalized spacial score (nSPS) is 24.4. The maximum atomic E-state index is 5.96. The van der Waals surface area contributed by atoms with Crippen LogP contribution < -0.4 is 10.6 Å². The average Bonchev–Trinajstić information content (AvgIpc) is 3.06. The van der Waals surface area contributed by atoms with Crippen molar-refractivity contribution >= 4 is 17.3 Å². The van der Waals surface area contributed by atoms with E-state index in [2.05, 4.69) is 72.2 Å². The molecule has 6 heteroatoms. The average molecular weight is 418 g/mol. The summed E-state index contributed by atoms with van der Waals surface area (Å²) in [5.41, 5.74) is 1.28. The molecule has 0 spiro atoms. The van der Waals surface area contributed by atoms with E-state index in [1.54, 1.807) is 0 Å². The van der Waals surface area contributed by atoms with Crippen LogP contribution in [0, 0.1) is 0 Å². The zero-order valence-electron chi connectivity index (χ0n) is 18.9. The summed E-state index contributed by atoms with van der Waals surface area (Å²) in [6, 6.07) is 7.08. The number of likely N-dealkylation sites (N-methyl/N-ethyl adjacent to an activating group) is 1. The van der Waals surface area contributed by atoms with E-state index in [9.17, 15) is 0 Å². The fraction of sp³-hybridized carbons (Fsp3) is 0.739. The van der Waals surface area contributed by atoms with Gasteiger partial charge in [0, 0.05) is 35.9 Å². The molecule has 0 saturated carbocycles. The molecule has 2 aliphatic rings. The number of hydrogen-bond donors (Lipinski definition) is 2. The SMILES string of the molecule is CCN1CCCC1CN(Cc1ccccn1)C(=S)NC1CC(C)(C)NC(C)(C)C1. The highest BCUT2D eigenvalue weighted by atomic mass is 32.1. The van der Waals surface area contributed by atoms with Crippen LogP contribution in [0.25, 0.3) is 0 Å². The standard InChI is InChI=1S/C23H39N5S/c1-6-27-13-9-11-20(27)17-28(16-18-10-7-8-12-24-18)21(29)25-19-14-22(2,3)26-23(4,5)15-19/h7-8,10,12,19-20,26H,6,9,11,13-17H2,1-5H3,(H,25,29). The first kappa shape index (κ1) is 22.4. The number of pyridine rings is 1. The van der Waals surface area contributed by atoms with E-state index >= 15 is 0 Å². The van der Waals surface area contributed by atoms with Crippen molar-refractivity contribution in [3.8, 4) is 0 Å². The summed E-state index contributed by atoms with van der Waals surface area (Å²) in [6.07, 6.45) is 6.54. The van der Waals surface area contributed by atoms with E-state index in [1.165, 1.54) is 19.4 Å². The second kappa shape index (κ2) is 9.27. The number of aromatic nitrogens is 1. The minimum absolute atomic E-state index is 0.102. The first-order chi connectivity index (χ1) is 13.7. The van der Waals surface area contributed by atoms with Crippen LogP contribution in [-0.4, -0.2) is 62.7 Å². The Hall–Kier alpha value is -1.24. The van der Waals surface area contributed by atoms with Crippen molar-refractivity contribution in [1.29, 1.82) is 0 Å². The highest BCUT2D eigenvalue weighted by Gasteiger charge is 2.38. The maximum Gasteiger partial charge on any atom is 0.169 e. The molecule has 2 aliphatic heterocycles. The fourth-order valence-corrected chi connectivity index (χ4v) is 5.68. The molecule has 0 amide bonds. The largest absolute Gasteiger partial charge is 0.360 e. The van der Waals surface area contributed by atoms with Crippen LogP contribution in [0.2, 0.25) is 0 Å². The second-order valence-electron chi connectivity index (χ2n) is 10.1. The first-order valence-corrected chi connectivity index (χ1v) is 11.6. The van der Waals surface area contributed by atoms with E-state index < -0.39 is 0 Å². The van der Waals surface area contributed by atoms with Crippen LogP contribution in [0.3, 0.4) is 0 Å². The van der Waals surface area contributed by atoms with Gasteiger partial charge >= 0.3 is 0 Å². The van der Waals surface area contributed by atoms with Gasteiger partial charge in [-0.3, -0.25) is 9.88 Å². The molecule has 0 aromatic carbocycles. The van der Waals surface area contributed by atoms with Gasteiger partial charge in [-0.2, -0.15) is 0 Å².